The minimum absolute atomic E-state index is 0.774. The molecule has 0 aromatic carbocycles. The normalized spacial score (nSPS) is 21.6. The molecule has 1 unspecified atom stereocenters. The highest BCUT2D eigenvalue weighted by Crippen LogP contribution is 2.25. The van der Waals surface area contributed by atoms with Crippen LogP contribution in [0.25, 0.3) is 0 Å². The summed E-state index contributed by atoms with van der Waals surface area (Å²) in [6.45, 7) is 2.26. The Bertz CT molecular complexity index is 319. The number of aromatic nitrogens is 1. The van der Waals surface area contributed by atoms with Crippen LogP contribution in [0.4, 0.5) is 5.82 Å². The first-order valence-corrected chi connectivity index (χ1v) is 6.78. The molecule has 1 aliphatic heterocycles. The minimum Gasteiger partial charge on any atom is -0.355 e. The lowest BCUT2D eigenvalue weighted by atomic mass is 10.4. The molecule has 4 heteroatoms. The molecule has 0 aliphatic carbocycles. The van der Waals surface area contributed by atoms with Crippen molar-refractivity contribution < 1.29 is 0 Å². The van der Waals surface area contributed by atoms with E-state index in [1.54, 1.807) is 0 Å². The molecule has 1 aliphatic rings. The third-order valence-corrected chi connectivity index (χ3v) is 4.00. The minimum atomic E-state index is 0.774. The van der Waals surface area contributed by atoms with Gasteiger partial charge in [0.05, 0.1) is 0 Å². The Hall–Kier alpha value is -0.220. The highest BCUT2D eigenvalue weighted by molar-refractivity contribution is 9.10. The summed E-state index contributed by atoms with van der Waals surface area (Å²) in [5.74, 6) is 1.09. The SMILES string of the molecule is CSC1CCN(c2cccc(Br)n2)C1. The van der Waals surface area contributed by atoms with E-state index in [4.69, 9.17) is 0 Å². The second-order valence-electron chi connectivity index (χ2n) is 3.41. The zero-order valence-corrected chi connectivity index (χ0v) is 10.5. The topological polar surface area (TPSA) is 16.1 Å². The molecule has 1 fully saturated rings. The molecule has 2 heterocycles. The Morgan fingerprint density at radius 1 is 1.57 bits per heavy atom. The summed E-state index contributed by atoms with van der Waals surface area (Å²) >= 11 is 5.35. The average molecular weight is 273 g/mol. The maximum atomic E-state index is 4.46. The van der Waals surface area contributed by atoms with E-state index >= 15 is 0 Å². The van der Waals surface area contributed by atoms with Crippen molar-refractivity contribution in [1.29, 1.82) is 0 Å². The van der Waals surface area contributed by atoms with Crippen molar-refractivity contribution in [2.24, 2.45) is 0 Å². The van der Waals surface area contributed by atoms with Crippen LogP contribution in [0.5, 0.6) is 0 Å². The summed E-state index contributed by atoms with van der Waals surface area (Å²) in [4.78, 5) is 6.81. The standard InChI is InChI=1S/C10H13BrN2S/c1-14-8-5-6-13(7-8)10-4-2-3-9(11)12-10/h2-4,8H,5-7H2,1H3. The lowest BCUT2D eigenvalue weighted by Crippen LogP contribution is -2.21. The molecule has 76 valence electrons. The Balaban J connectivity index is 2.09. The molecule has 0 spiro atoms. The summed E-state index contributed by atoms with van der Waals surface area (Å²) in [6.07, 6.45) is 3.46. The number of anilines is 1. The van der Waals surface area contributed by atoms with Gasteiger partial charge >= 0.3 is 0 Å². The van der Waals surface area contributed by atoms with Gasteiger partial charge in [0, 0.05) is 18.3 Å². The second kappa shape index (κ2) is 4.53. The van der Waals surface area contributed by atoms with Gasteiger partial charge in [0.2, 0.25) is 0 Å². The van der Waals surface area contributed by atoms with Crippen LogP contribution < -0.4 is 4.90 Å². The third-order valence-electron chi connectivity index (χ3n) is 2.50. The molecule has 2 nitrogen and oxygen atoms in total. The fraction of sp³-hybridized carbons (Fsp3) is 0.500. The van der Waals surface area contributed by atoms with Gasteiger partial charge < -0.3 is 4.90 Å². The van der Waals surface area contributed by atoms with Crippen molar-refractivity contribution in [2.45, 2.75) is 11.7 Å². The van der Waals surface area contributed by atoms with Crippen molar-refractivity contribution in [2.75, 3.05) is 24.2 Å². The predicted molar refractivity (Wildman–Crippen MR) is 66.1 cm³/mol. The van der Waals surface area contributed by atoms with Gasteiger partial charge in [0.15, 0.2) is 0 Å². The van der Waals surface area contributed by atoms with Gasteiger partial charge in [0.1, 0.15) is 10.4 Å². The monoisotopic (exact) mass is 272 g/mol. The summed E-state index contributed by atoms with van der Waals surface area (Å²) in [7, 11) is 0. The van der Waals surface area contributed by atoms with Gasteiger partial charge in [-0.3, -0.25) is 0 Å². The van der Waals surface area contributed by atoms with E-state index in [2.05, 4.69) is 38.1 Å². The van der Waals surface area contributed by atoms with Crippen LogP contribution in [0.15, 0.2) is 22.8 Å². The van der Waals surface area contributed by atoms with Crippen molar-refractivity contribution in [3.8, 4) is 0 Å². The van der Waals surface area contributed by atoms with E-state index in [0.29, 0.717) is 0 Å². The molecule has 0 bridgehead atoms. The number of halogens is 1. The Morgan fingerprint density at radius 3 is 3.07 bits per heavy atom. The van der Waals surface area contributed by atoms with E-state index in [9.17, 15) is 0 Å². The van der Waals surface area contributed by atoms with Crippen LogP contribution in [0, 0.1) is 0 Å². The molecule has 2 rings (SSSR count). The van der Waals surface area contributed by atoms with Crippen LogP contribution in [-0.4, -0.2) is 29.6 Å². The maximum absolute atomic E-state index is 4.46. The second-order valence-corrected chi connectivity index (χ2v) is 5.36. The number of thioether (sulfide) groups is 1. The van der Waals surface area contributed by atoms with Crippen LogP contribution in [0.2, 0.25) is 0 Å². The van der Waals surface area contributed by atoms with Crippen molar-refractivity contribution in [3.05, 3.63) is 22.8 Å². The molecule has 0 saturated carbocycles. The van der Waals surface area contributed by atoms with Crippen molar-refractivity contribution in [3.63, 3.8) is 0 Å². The molecule has 1 atom stereocenters. The quantitative estimate of drug-likeness (QED) is 0.771. The number of hydrogen-bond acceptors (Lipinski definition) is 3. The summed E-state index contributed by atoms with van der Waals surface area (Å²) < 4.78 is 0.919. The Labute approximate surface area is 97.2 Å². The molecular formula is C10H13BrN2S. The number of rotatable bonds is 2. The van der Waals surface area contributed by atoms with Crippen molar-refractivity contribution in [1.82, 2.24) is 4.98 Å². The lowest BCUT2D eigenvalue weighted by Gasteiger charge is -2.16. The lowest BCUT2D eigenvalue weighted by molar-refractivity contribution is 0.934. The van der Waals surface area contributed by atoms with E-state index in [1.165, 1.54) is 6.42 Å². The summed E-state index contributed by atoms with van der Waals surface area (Å²) in [6, 6.07) is 6.08. The highest BCUT2D eigenvalue weighted by Gasteiger charge is 2.22. The fourth-order valence-electron chi connectivity index (χ4n) is 1.70. The zero-order valence-electron chi connectivity index (χ0n) is 8.11. The number of hydrogen-bond donors (Lipinski definition) is 0. The molecule has 1 aromatic rings. The summed E-state index contributed by atoms with van der Waals surface area (Å²) in [5.41, 5.74) is 0. The highest BCUT2D eigenvalue weighted by atomic mass is 79.9. The Kier molecular flexibility index (Phi) is 3.34. The maximum Gasteiger partial charge on any atom is 0.129 e. The first kappa shape index (κ1) is 10.3. The van der Waals surface area contributed by atoms with E-state index in [1.807, 2.05) is 23.9 Å². The first-order valence-electron chi connectivity index (χ1n) is 4.70. The largest absolute Gasteiger partial charge is 0.355 e. The molecule has 1 saturated heterocycles. The zero-order chi connectivity index (χ0) is 9.97. The molecule has 0 radical (unpaired) electrons. The van der Waals surface area contributed by atoms with Gasteiger partial charge in [-0.15, -0.1) is 0 Å². The van der Waals surface area contributed by atoms with Gasteiger partial charge in [-0.05, 0) is 40.7 Å². The van der Waals surface area contributed by atoms with E-state index in [0.717, 1.165) is 28.8 Å². The van der Waals surface area contributed by atoms with Gasteiger partial charge in [-0.1, -0.05) is 6.07 Å². The molecule has 14 heavy (non-hydrogen) atoms. The molecular weight excluding hydrogens is 260 g/mol. The average Bonchev–Trinajstić information content (AvgIpc) is 2.66. The van der Waals surface area contributed by atoms with Crippen LogP contribution >= 0.6 is 27.7 Å². The van der Waals surface area contributed by atoms with E-state index < -0.39 is 0 Å². The van der Waals surface area contributed by atoms with Gasteiger partial charge in [-0.2, -0.15) is 11.8 Å². The van der Waals surface area contributed by atoms with Crippen LogP contribution in [0.3, 0.4) is 0 Å². The third kappa shape index (κ3) is 2.23. The van der Waals surface area contributed by atoms with Gasteiger partial charge in [0.25, 0.3) is 0 Å². The van der Waals surface area contributed by atoms with Gasteiger partial charge in [-0.25, -0.2) is 4.98 Å². The molecule has 1 aromatic heterocycles. The predicted octanol–water partition coefficient (Wildman–Crippen LogP) is 2.79. The van der Waals surface area contributed by atoms with Crippen LogP contribution in [0.1, 0.15) is 6.42 Å². The fourth-order valence-corrected chi connectivity index (χ4v) is 2.71. The van der Waals surface area contributed by atoms with E-state index in [-0.39, 0.29) is 0 Å². The van der Waals surface area contributed by atoms with Crippen molar-refractivity contribution >= 4 is 33.5 Å². The number of nitrogens with zero attached hydrogens (tertiary/aromatic N) is 2. The first-order chi connectivity index (χ1) is 6.79. The summed E-state index contributed by atoms with van der Waals surface area (Å²) in [5, 5.41) is 0.774. The number of pyridine rings is 1. The molecule has 0 N–H and O–H groups in total. The Morgan fingerprint density at radius 2 is 2.43 bits per heavy atom. The molecule has 0 amide bonds. The smallest absolute Gasteiger partial charge is 0.129 e. The van der Waals surface area contributed by atoms with Crippen LogP contribution in [-0.2, 0) is 0 Å².